The molecule has 1 aliphatic heterocycles. The minimum absolute atomic E-state index is 0.136. The Labute approximate surface area is 206 Å². The number of hydrogen-bond donors (Lipinski definition) is 2. The third-order valence-corrected chi connectivity index (χ3v) is 7.79. The number of hydrogen-bond acceptors (Lipinski definition) is 6. The molecule has 7 rings (SSSR count). The Morgan fingerprint density at radius 1 is 1.17 bits per heavy atom. The normalized spacial score (nSPS) is 18.9. The number of pyridine rings is 1. The number of nitrogens with one attached hydrogen (secondary N) is 2. The van der Waals surface area contributed by atoms with Gasteiger partial charge in [0.2, 0.25) is 0 Å². The van der Waals surface area contributed by atoms with Gasteiger partial charge in [0.25, 0.3) is 0 Å². The third-order valence-electron chi connectivity index (χ3n) is 7.09. The van der Waals surface area contributed by atoms with E-state index in [1.807, 2.05) is 29.1 Å². The summed E-state index contributed by atoms with van der Waals surface area (Å²) >= 11 is 1.24. The van der Waals surface area contributed by atoms with Gasteiger partial charge in [-0.25, -0.2) is 14.3 Å². The van der Waals surface area contributed by atoms with Crippen LogP contribution in [0.4, 0.5) is 10.5 Å². The highest BCUT2D eigenvalue weighted by Crippen LogP contribution is 2.45. The average Bonchev–Trinajstić information content (AvgIpc) is 3.25. The lowest BCUT2D eigenvalue weighted by atomic mass is 9.98. The number of anilines is 1. The number of fused-ring (bicyclic) bond motifs is 3. The SMILES string of the molecule is O=C(NSc1cc2n(n1)CCOC2C1CC1)Nc1c(-c2ccn3ncnc3c2)ccc2c1CCC2. The zero-order valence-corrected chi connectivity index (χ0v) is 19.9. The van der Waals surface area contributed by atoms with Gasteiger partial charge in [0.1, 0.15) is 17.5 Å². The molecule has 0 spiro atoms. The van der Waals surface area contributed by atoms with E-state index in [9.17, 15) is 4.79 Å². The summed E-state index contributed by atoms with van der Waals surface area (Å²) in [6.07, 6.45) is 9.08. The van der Waals surface area contributed by atoms with Gasteiger partial charge in [0.15, 0.2) is 5.65 Å². The number of nitrogens with zero attached hydrogens (tertiary/aromatic N) is 5. The van der Waals surface area contributed by atoms with Crippen molar-refractivity contribution in [3.05, 3.63) is 59.7 Å². The number of urea groups is 1. The van der Waals surface area contributed by atoms with Crippen LogP contribution in [0.3, 0.4) is 0 Å². The number of aryl methyl sites for hydroxylation is 1. The van der Waals surface area contributed by atoms with Crippen LogP contribution in [0.2, 0.25) is 0 Å². The summed E-state index contributed by atoms with van der Waals surface area (Å²) in [5.74, 6) is 0.607. The van der Waals surface area contributed by atoms with Crippen LogP contribution in [0, 0.1) is 5.92 Å². The summed E-state index contributed by atoms with van der Waals surface area (Å²) < 4.78 is 12.7. The Hall–Kier alpha value is -3.37. The maximum absolute atomic E-state index is 13.0. The number of rotatable bonds is 5. The van der Waals surface area contributed by atoms with E-state index in [1.54, 1.807) is 10.8 Å². The van der Waals surface area contributed by atoms with Gasteiger partial charge in [-0.1, -0.05) is 12.1 Å². The fraction of sp³-hybridized carbons (Fsp3) is 0.360. The number of ether oxygens (including phenoxy) is 1. The molecule has 1 unspecified atom stereocenters. The van der Waals surface area contributed by atoms with E-state index in [2.05, 4.69) is 37.4 Å². The zero-order valence-electron chi connectivity index (χ0n) is 19.1. The molecule has 35 heavy (non-hydrogen) atoms. The van der Waals surface area contributed by atoms with Crippen LogP contribution < -0.4 is 10.0 Å². The molecule has 1 atom stereocenters. The molecule has 178 valence electrons. The summed E-state index contributed by atoms with van der Waals surface area (Å²) in [4.78, 5) is 17.3. The minimum Gasteiger partial charge on any atom is -0.370 e. The van der Waals surface area contributed by atoms with Crippen molar-refractivity contribution in [3.8, 4) is 11.1 Å². The first-order chi connectivity index (χ1) is 17.2. The molecule has 1 fully saturated rings. The summed E-state index contributed by atoms with van der Waals surface area (Å²) in [7, 11) is 0. The Bertz CT molecular complexity index is 1440. The second kappa shape index (κ2) is 8.39. The lowest BCUT2D eigenvalue weighted by Crippen LogP contribution is -2.24. The molecule has 0 radical (unpaired) electrons. The second-order valence-corrected chi connectivity index (χ2v) is 10.2. The first-order valence-corrected chi connectivity index (χ1v) is 12.9. The van der Waals surface area contributed by atoms with E-state index >= 15 is 0 Å². The number of aromatic nitrogens is 5. The predicted molar refractivity (Wildman–Crippen MR) is 132 cm³/mol. The molecule has 3 aliphatic rings. The van der Waals surface area contributed by atoms with Crippen molar-refractivity contribution >= 4 is 29.3 Å². The van der Waals surface area contributed by atoms with Crippen molar-refractivity contribution in [3.63, 3.8) is 0 Å². The predicted octanol–water partition coefficient (Wildman–Crippen LogP) is 4.39. The lowest BCUT2D eigenvalue weighted by Gasteiger charge is -2.23. The molecular weight excluding hydrogens is 462 g/mol. The topological polar surface area (TPSA) is 98.4 Å². The largest absolute Gasteiger partial charge is 0.370 e. The maximum Gasteiger partial charge on any atom is 0.329 e. The lowest BCUT2D eigenvalue weighted by molar-refractivity contribution is 0.00273. The van der Waals surface area contributed by atoms with Gasteiger partial charge in [-0.2, -0.15) is 10.2 Å². The van der Waals surface area contributed by atoms with Crippen molar-refractivity contribution in [2.45, 2.75) is 49.8 Å². The molecule has 0 bridgehead atoms. The standard InChI is InChI=1S/C25H25N7O2S/c33-25(30-35-22-13-20-24(16-4-5-16)34-11-10-31(20)29-22)28-23-18-3-1-2-15(18)6-7-19(23)17-8-9-32-21(12-17)26-14-27-32/h6-9,12-14,16,24H,1-5,10-11H2,(H2,28,30,33). The van der Waals surface area contributed by atoms with Crippen molar-refractivity contribution < 1.29 is 9.53 Å². The summed E-state index contributed by atoms with van der Waals surface area (Å²) in [6, 6.07) is 10.1. The number of carbonyl (C=O) groups is 1. The fourth-order valence-electron chi connectivity index (χ4n) is 5.26. The highest BCUT2D eigenvalue weighted by atomic mass is 32.2. The first-order valence-electron chi connectivity index (χ1n) is 12.1. The average molecular weight is 488 g/mol. The minimum atomic E-state index is -0.263. The summed E-state index contributed by atoms with van der Waals surface area (Å²) in [5.41, 5.74) is 7.25. The van der Waals surface area contributed by atoms with Crippen molar-refractivity contribution in [1.29, 1.82) is 0 Å². The maximum atomic E-state index is 13.0. The van der Waals surface area contributed by atoms with Crippen LogP contribution in [0.5, 0.6) is 0 Å². The van der Waals surface area contributed by atoms with Gasteiger partial charge in [0, 0.05) is 23.7 Å². The second-order valence-electron chi connectivity index (χ2n) is 9.38. The molecule has 9 nitrogen and oxygen atoms in total. The molecule has 4 aromatic rings. The molecule has 4 heterocycles. The molecule has 1 saturated carbocycles. The molecule has 3 aromatic heterocycles. The number of carbonyl (C=O) groups excluding carboxylic acids is 1. The van der Waals surface area contributed by atoms with Gasteiger partial charge in [-0.05, 0) is 72.9 Å². The first kappa shape index (κ1) is 21.0. The van der Waals surface area contributed by atoms with Gasteiger partial charge in [0.05, 0.1) is 24.5 Å². The Morgan fingerprint density at radius 3 is 3.03 bits per heavy atom. The van der Waals surface area contributed by atoms with Crippen molar-refractivity contribution in [2.75, 3.05) is 11.9 Å². The van der Waals surface area contributed by atoms with Crippen LogP contribution in [0.1, 0.15) is 42.2 Å². The van der Waals surface area contributed by atoms with E-state index < -0.39 is 0 Å². The molecular formula is C25H25N7O2S. The molecule has 2 amide bonds. The van der Waals surface area contributed by atoms with Gasteiger partial charge < -0.3 is 10.1 Å². The summed E-state index contributed by atoms with van der Waals surface area (Å²) in [5, 5.41) is 12.8. The van der Waals surface area contributed by atoms with Crippen LogP contribution in [-0.2, 0) is 24.1 Å². The highest BCUT2D eigenvalue weighted by Gasteiger charge is 2.37. The van der Waals surface area contributed by atoms with Crippen LogP contribution >= 0.6 is 11.9 Å². The van der Waals surface area contributed by atoms with Crippen molar-refractivity contribution in [2.24, 2.45) is 5.92 Å². The van der Waals surface area contributed by atoms with E-state index in [4.69, 9.17) is 4.74 Å². The van der Waals surface area contributed by atoms with E-state index in [1.165, 1.54) is 35.9 Å². The summed E-state index contributed by atoms with van der Waals surface area (Å²) in [6.45, 7) is 1.44. The molecule has 2 N–H and O–H groups in total. The molecule has 0 saturated heterocycles. The molecule has 1 aromatic carbocycles. The quantitative estimate of drug-likeness (QED) is 0.405. The van der Waals surface area contributed by atoms with E-state index in [0.717, 1.165) is 59.0 Å². The highest BCUT2D eigenvalue weighted by molar-refractivity contribution is 7.97. The van der Waals surface area contributed by atoms with E-state index in [0.29, 0.717) is 12.5 Å². The van der Waals surface area contributed by atoms with E-state index in [-0.39, 0.29) is 12.1 Å². The zero-order chi connectivity index (χ0) is 23.4. The number of benzene rings is 1. The Kier molecular flexibility index (Phi) is 5.02. The monoisotopic (exact) mass is 487 g/mol. The van der Waals surface area contributed by atoms with Gasteiger partial charge >= 0.3 is 6.03 Å². The number of amides is 2. The molecule has 2 aliphatic carbocycles. The fourth-order valence-corrected chi connectivity index (χ4v) is 5.83. The van der Waals surface area contributed by atoms with Crippen molar-refractivity contribution in [1.82, 2.24) is 29.1 Å². The van der Waals surface area contributed by atoms with Crippen LogP contribution in [0.25, 0.3) is 16.8 Å². The Morgan fingerprint density at radius 2 is 2.11 bits per heavy atom. The van der Waals surface area contributed by atoms with Gasteiger partial charge in [-0.3, -0.25) is 9.40 Å². The van der Waals surface area contributed by atoms with Gasteiger partial charge in [-0.15, -0.1) is 0 Å². The van der Waals surface area contributed by atoms with Crippen LogP contribution in [-0.4, -0.2) is 37.0 Å². The smallest absolute Gasteiger partial charge is 0.329 e. The third kappa shape index (κ3) is 3.86. The van der Waals surface area contributed by atoms with Crippen LogP contribution in [0.15, 0.2) is 47.9 Å². The molecule has 10 heteroatoms. The Balaban J connectivity index is 1.12.